The lowest BCUT2D eigenvalue weighted by atomic mass is 9.78. The number of hydrogen-bond acceptors (Lipinski definition) is 4. The molecule has 0 amide bonds. The Bertz CT molecular complexity index is 795. The van der Waals surface area contributed by atoms with E-state index in [4.69, 9.17) is 10.5 Å². The van der Waals surface area contributed by atoms with E-state index in [0.29, 0.717) is 17.3 Å². The molecular formula is C19H19FN2OS. The van der Waals surface area contributed by atoms with Crippen molar-refractivity contribution < 1.29 is 9.13 Å². The Morgan fingerprint density at radius 1 is 1.21 bits per heavy atom. The third-order valence-corrected chi connectivity index (χ3v) is 5.92. The molecule has 124 valence electrons. The number of benzene rings is 2. The van der Waals surface area contributed by atoms with Gasteiger partial charge >= 0.3 is 0 Å². The average Bonchev–Trinajstić information content (AvgIpc) is 2.93. The number of ether oxygens (including phenoxy) is 1. The van der Waals surface area contributed by atoms with Crippen LogP contribution in [0.5, 0.6) is 0 Å². The van der Waals surface area contributed by atoms with Gasteiger partial charge in [-0.15, -0.1) is 0 Å². The molecule has 2 heterocycles. The lowest BCUT2D eigenvalue weighted by Crippen LogP contribution is -2.41. The quantitative estimate of drug-likeness (QED) is 0.903. The highest BCUT2D eigenvalue weighted by Crippen LogP contribution is 2.48. The minimum atomic E-state index is -0.719. The molecule has 0 saturated carbocycles. The van der Waals surface area contributed by atoms with E-state index < -0.39 is 5.54 Å². The van der Waals surface area contributed by atoms with Gasteiger partial charge in [-0.1, -0.05) is 48.2 Å². The molecule has 3 nitrogen and oxygen atoms in total. The predicted octanol–water partition coefficient (Wildman–Crippen LogP) is 3.78. The molecule has 2 aromatic rings. The molecule has 2 aliphatic rings. The normalized spacial score (nSPS) is 29.2. The molecule has 0 bridgehead atoms. The maximum Gasteiger partial charge on any atom is 0.154 e. The number of amidine groups is 1. The van der Waals surface area contributed by atoms with E-state index in [9.17, 15) is 4.39 Å². The van der Waals surface area contributed by atoms with Crippen molar-refractivity contribution in [1.82, 2.24) is 0 Å². The summed E-state index contributed by atoms with van der Waals surface area (Å²) in [5.74, 6) is 0.669. The van der Waals surface area contributed by atoms with Crippen molar-refractivity contribution in [3.8, 4) is 11.1 Å². The van der Waals surface area contributed by atoms with Crippen molar-refractivity contribution in [1.29, 1.82) is 0 Å². The molecule has 0 unspecified atom stereocenters. The Balaban J connectivity index is 1.87. The molecule has 2 aliphatic heterocycles. The molecule has 0 spiro atoms. The minimum Gasteiger partial charge on any atom is -0.379 e. The molecule has 0 radical (unpaired) electrons. The average molecular weight is 342 g/mol. The topological polar surface area (TPSA) is 47.6 Å². The van der Waals surface area contributed by atoms with Crippen molar-refractivity contribution in [2.24, 2.45) is 16.6 Å². The van der Waals surface area contributed by atoms with Gasteiger partial charge in [0.25, 0.3) is 0 Å². The molecule has 3 atom stereocenters. The van der Waals surface area contributed by atoms with Crippen molar-refractivity contribution in [2.45, 2.75) is 18.6 Å². The molecule has 1 fully saturated rings. The van der Waals surface area contributed by atoms with Crippen LogP contribution < -0.4 is 5.73 Å². The molecule has 2 N–H and O–H groups in total. The van der Waals surface area contributed by atoms with Gasteiger partial charge < -0.3 is 10.5 Å². The third kappa shape index (κ3) is 2.43. The number of halogens is 1. The van der Waals surface area contributed by atoms with Gasteiger partial charge in [-0.05, 0) is 30.2 Å². The van der Waals surface area contributed by atoms with E-state index >= 15 is 0 Å². The Kier molecular flexibility index (Phi) is 3.85. The lowest BCUT2D eigenvalue weighted by Gasteiger charge is -2.35. The molecule has 0 aromatic heterocycles. The highest BCUT2D eigenvalue weighted by Gasteiger charge is 2.52. The molecule has 1 saturated heterocycles. The van der Waals surface area contributed by atoms with Gasteiger partial charge in [0.15, 0.2) is 5.17 Å². The second kappa shape index (κ2) is 5.90. The monoisotopic (exact) mass is 342 g/mol. The second-order valence-electron chi connectivity index (χ2n) is 6.37. The number of nitrogens with two attached hydrogens (primary N) is 1. The smallest absolute Gasteiger partial charge is 0.154 e. The summed E-state index contributed by atoms with van der Waals surface area (Å²) in [5.41, 5.74) is 7.89. The Morgan fingerprint density at radius 3 is 2.79 bits per heavy atom. The summed E-state index contributed by atoms with van der Waals surface area (Å²) in [4.78, 5) is 4.68. The van der Waals surface area contributed by atoms with Crippen LogP contribution in [0.1, 0.15) is 12.5 Å². The minimum absolute atomic E-state index is 0.0362. The summed E-state index contributed by atoms with van der Waals surface area (Å²) in [6.07, 6.45) is 0.0362. The van der Waals surface area contributed by atoms with Crippen LogP contribution in [-0.2, 0) is 10.3 Å². The molecule has 5 heteroatoms. The summed E-state index contributed by atoms with van der Waals surface area (Å²) in [6, 6.07) is 15.2. The Morgan fingerprint density at radius 2 is 2.00 bits per heavy atom. The van der Waals surface area contributed by atoms with Crippen LogP contribution in [0.2, 0.25) is 0 Å². The summed E-state index contributed by atoms with van der Waals surface area (Å²) in [6.45, 7) is 2.40. The zero-order valence-corrected chi connectivity index (χ0v) is 14.2. The van der Waals surface area contributed by atoms with E-state index in [1.165, 1.54) is 17.8 Å². The maximum atomic E-state index is 14.8. The highest BCUT2D eigenvalue weighted by atomic mass is 32.2. The molecule has 4 rings (SSSR count). The first-order valence-corrected chi connectivity index (χ1v) is 9.04. The summed E-state index contributed by atoms with van der Waals surface area (Å²) in [7, 11) is 0. The van der Waals surface area contributed by atoms with Gasteiger partial charge in [0, 0.05) is 17.2 Å². The summed E-state index contributed by atoms with van der Waals surface area (Å²) < 4.78 is 20.6. The third-order valence-electron chi connectivity index (χ3n) is 5.01. The van der Waals surface area contributed by atoms with Crippen LogP contribution in [0.25, 0.3) is 11.1 Å². The van der Waals surface area contributed by atoms with E-state index in [-0.39, 0.29) is 17.8 Å². The number of hydrogen-bond donors (Lipinski definition) is 1. The zero-order chi connectivity index (χ0) is 16.7. The van der Waals surface area contributed by atoms with E-state index in [1.807, 2.05) is 49.4 Å². The van der Waals surface area contributed by atoms with Gasteiger partial charge in [-0.2, -0.15) is 0 Å². The van der Waals surface area contributed by atoms with Crippen molar-refractivity contribution in [3.05, 3.63) is 59.9 Å². The standard InChI is InChI=1S/C19H19FN2OS/c1-12-16-10-24-18(21)22-19(16,11-23-12)15-9-14(7-8-17(15)20)13-5-3-2-4-6-13/h2-9,12,16H,10-11H2,1H3,(H2,21,22)/t12-,16-,19-/m1/s1. The van der Waals surface area contributed by atoms with E-state index in [2.05, 4.69) is 4.99 Å². The number of rotatable bonds is 2. The van der Waals surface area contributed by atoms with Crippen molar-refractivity contribution in [2.75, 3.05) is 12.4 Å². The van der Waals surface area contributed by atoms with Gasteiger partial charge in [-0.3, -0.25) is 0 Å². The van der Waals surface area contributed by atoms with Gasteiger partial charge in [-0.25, -0.2) is 9.38 Å². The van der Waals surface area contributed by atoms with Gasteiger partial charge in [0.05, 0.1) is 12.7 Å². The lowest BCUT2D eigenvalue weighted by molar-refractivity contribution is 0.107. The summed E-state index contributed by atoms with van der Waals surface area (Å²) in [5, 5.41) is 0.508. The van der Waals surface area contributed by atoms with Crippen LogP contribution in [0.3, 0.4) is 0 Å². The first-order chi connectivity index (χ1) is 11.6. The van der Waals surface area contributed by atoms with Crippen LogP contribution in [0.4, 0.5) is 4.39 Å². The Labute approximate surface area is 145 Å². The molecule has 0 aliphatic carbocycles. The first kappa shape index (κ1) is 15.7. The number of fused-ring (bicyclic) bond motifs is 1. The first-order valence-electron chi connectivity index (χ1n) is 8.05. The van der Waals surface area contributed by atoms with Crippen LogP contribution in [-0.4, -0.2) is 23.6 Å². The van der Waals surface area contributed by atoms with Crippen LogP contribution >= 0.6 is 11.8 Å². The number of nitrogens with zero attached hydrogens (tertiary/aromatic N) is 1. The van der Waals surface area contributed by atoms with Crippen LogP contribution in [0.15, 0.2) is 53.5 Å². The fourth-order valence-electron chi connectivity index (χ4n) is 3.67. The number of aliphatic imine (C=N–C) groups is 1. The maximum absolute atomic E-state index is 14.8. The van der Waals surface area contributed by atoms with E-state index in [0.717, 1.165) is 16.9 Å². The van der Waals surface area contributed by atoms with E-state index in [1.54, 1.807) is 0 Å². The van der Waals surface area contributed by atoms with Gasteiger partial charge in [0.2, 0.25) is 0 Å². The second-order valence-corrected chi connectivity index (χ2v) is 7.41. The predicted molar refractivity (Wildman–Crippen MR) is 96.5 cm³/mol. The zero-order valence-electron chi connectivity index (χ0n) is 13.4. The van der Waals surface area contributed by atoms with Gasteiger partial charge in [0.1, 0.15) is 11.4 Å². The SMILES string of the molecule is C[C@H]1OC[C@]2(c3cc(-c4ccccc4)ccc3F)N=C(N)SC[C@H]12. The summed E-state index contributed by atoms with van der Waals surface area (Å²) >= 11 is 1.52. The Hall–Kier alpha value is -1.85. The fourth-order valence-corrected chi connectivity index (χ4v) is 4.79. The van der Waals surface area contributed by atoms with Crippen molar-refractivity contribution in [3.63, 3.8) is 0 Å². The highest BCUT2D eigenvalue weighted by molar-refractivity contribution is 8.13. The molecule has 2 aromatic carbocycles. The number of thioether (sulfide) groups is 1. The largest absolute Gasteiger partial charge is 0.379 e. The van der Waals surface area contributed by atoms with Crippen molar-refractivity contribution >= 4 is 16.9 Å². The molecular weight excluding hydrogens is 323 g/mol. The van der Waals surface area contributed by atoms with Crippen LogP contribution in [0, 0.1) is 11.7 Å². The fraction of sp³-hybridized carbons (Fsp3) is 0.316. The molecule has 24 heavy (non-hydrogen) atoms.